The number of amides is 2. The first-order valence-corrected chi connectivity index (χ1v) is 18.1. The number of rotatable bonds is 2. The molecule has 0 spiro atoms. The number of aliphatic hydroxyl groups is 1. The van der Waals surface area contributed by atoms with E-state index in [9.17, 15) is 19.5 Å². The van der Waals surface area contributed by atoms with Crippen molar-refractivity contribution < 1.29 is 19.5 Å². The highest BCUT2D eigenvalue weighted by molar-refractivity contribution is 6.35. The van der Waals surface area contributed by atoms with Crippen LogP contribution in [0.3, 0.4) is 0 Å². The van der Waals surface area contributed by atoms with Gasteiger partial charge in [-0.15, -0.1) is 0 Å². The van der Waals surface area contributed by atoms with Crippen LogP contribution in [-0.4, -0.2) is 82.7 Å². The summed E-state index contributed by atoms with van der Waals surface area (Å²) in [6, 6.07) is 0.130. The number of nitrogens with zero attached hydrogens (tertiary/aromatic N) is 3. The highest BCUT2D eigenvalue weighted by Crippen LogP contribution is 2.75. The number of carbonyl (C=O) groups is 3. The highest BCUT2D eigenvalue weighted by Gasteiger charge is 2.67. The van der Waals surface area contributed by atoms with E-state index in [2.05, 4.69) is 45.6 Å². The average Bonchev–Trinajstić information content (AvgIpc) is 3.05. The Morgan fingerprint density at radius 3 is 2.26 bits per heavy atom. The zero-order valence-corrected chi connectivity index (χ0v) is 29.7. The summed E-state index contributed by atoms with van der Waals surface area (Å²) in [5.41, 5.74) is 3.09. The van der Waals surface area contributed by atoms with Gasteiger partial charge in [0.15, 0.2) is 5.76 Å². The molecule has 7 heteroatoms. The Morgan fingerprint density at radius 2 is 1.61 bits per heavy atom. The first kappa shape index (κ1) is 32.2. The molecule has 6 fully saturated rings. The molecule has 3 aliphatic heterocycles. The van der Waals surface area contributed by atoms with Gasteiger partial charge in [0.05, 0.1) is 0 Å². The molecule has 0 aromatic heterocycles. The van der Waals surface area contributed by atoms with Crippen LogP contribution in [-0.2, 0) is 14.4 Å². The summed E-state index contributed by atoms with van der Waals surface area (Å²) in [5, 5.41) is 10.5. The standard InChI is InChI=1S/C39H57N3O4/c1-24-26-9-10-30-37(4,27(26)21-29(43)32(24)44)16-18-39(6)31-22-36(3,15-13-35(31,2)14-17-38(30,39)5)41(8)34(46)33(45)40(7)28-23-42-19-11-25(28)12-20-42/h10,21,25-26,28,31,44H,9,11-20,22-23H2,1-8H3/t26?,28-,31?,35?,36?,37?,38?,39+/m1/s1. The second kappa shape index (κ2) is 10.3. The van der Waals surface area contributed by atoms with Crippen molar-refractivity contribution in [1.82, 2.24) is 14.7 Å². The number of allylic oxidation sites excluding steroid dienone is 5. The third-order valence-electron chi connectivity index (χ3n) is 16.0. The lowest BCUT2D eigenvalue weighted by molar-refractivity contribution is -0.175. The molecule has 252 valence electrons. The van der Waals surface area contributed by atoms with Gasteiger partial charge in [0.2, 0.25) is 5.78 Å². The first-order chi connectivity index (χ1) is 21.5. The molecule has 0 radical (unpaired) electrons. The van der Waals surface area contributed by atoms with Crippen molar-refractivity contribution in [3.05, 3.63) is 34.6 Å². The number of hydrogen-bond donors (Lipinski definition) is 1. The van der Waals surface area contributed by atoms with E-state index in [-0.39, 0.29) is 57.0 Å². The molecule has 3 saturated heterocycles. The lowest BCUT2D eigenvalue weighted by atomic mass is 9.34. The zero-order chi connectivity index (χ0) is 33.2. The van der Waals surface area contributed by atoms with Crippen LogP contribution in [0.1, 0.15) is 106 Å². The van der Waals surface area contributed by atoms with Crippen LogP contribution in [0.25, 0.3) is 0 Å². The molecule has 3 saturated carbocycles. The van der Waals surface area contributed by atoms with Crippen molar-refractivity contribution in [2.75, 3.05) is 33.7 Å². The van der Waals surface area contributed by atoms with Crippen LogP contribution in [0.15, 0.2) is 34.6 Å². The summed E-state index contributed by atoms with van der Waals surface area (Å²) in [5.74, 6) is -0.0187. The van der Waals surface area contributed by atoms with Gasteiger partial charge in [-0.25, -0.2) is 0 Å². The quantitative estimate of drug-likeness (QED) is 0.280. The number of fused-ring (bicyclic) bond motifs is 10. The second-order valence-electron chi connectivity index (χ2n) is 17.9. The summed E-state index contributed by atoms with van der Waals surface area (Å²) < 4.78 is 0. The summed E-state index contributed by atoms with van der Waals surface area (Å²) in [6.45, 7) is 17.1. The summed E-state index contributed by atoms with van der Waals surface area (Å²) in [4.78, 5) is 46.7. The number of piperidine rings is 3. The Balaban J connectivity index is 1.16. The molecular weight excluding hydrogens is 574 g/mol. The minimum Gasteiger partial charge on any atom is -0.504 e. The Hall–Kier alpha value is -2.41. The Kier molecular flexibility index (Phi) is 7.20. The molecule has 7 nitrogen and oxygen atoms in total. The van der Waals surface area contributed by atoms with E-state index in [1.165, 1.54) is 11.1 Å². The summed E-state index contributed by atoms with van der Waals surface area (Å²) >= 11 is 0. The third-order valence-corrected chi connectivity index (χ3v) is 16.0. The Morgan fingerprint density at radius 1 is 0.935 bits per heavy atom. The van der Waals surface area contributed by atoms with Gasteiger partial charge in [-0.05, 0) is 136 Å². The van der Waals surface area contributed by atoms with Crippen LogP contribution in [0.5, 0.6) is 0 Å². The molecular formula is C39H57N3O4. The predicted molar refractivity (Wildman–Crippen MR) is 180 cm³/mol. The van der Waals surface area contributed by atoms with Crippen LogP contribution in [0.2, 0.25) is 0 Å². The Labute approximate surface area is 276 Å². The molecule has 0 aromatic rings. The normalized spacial score (nSPS) is 46.3. The van der Waals surface area contributed by atoms with Crippen LogP contribution >= 0.6 is 0 Å². The lowest BCUT2D eigenvalue weighted by Crippen LogP contribution is -2.65. The molecule has 8 aliphatic rings. The predicted octanol–water partition coefficient (Wildman–Crippen LogP) is 6.46. The fourth-order valence-electron chi connectivity index (χ4n) is 12.3. The van der Waals surface area contributed by atoms with Gasteiger partial charge in [0, 0.05) is 43.6 Å². The van der Waals surface area contributed by atoms with Gasteiger partial charge < -0.3 is 19.8 Å². The SMILES string of the molecule is CC1=C(O)C(=O)C=C2C1CC=C1C2(C)CC[C@@]2(C)C3CC(C)(N(C)C(=O)C(=O)N(C)[C@@H]4CN5CCC4CC5)CCC3(C)CCC12C. The van der Waals surface area contributed by atoms with Crippen molar-refractivity contribution in [1.29, 1.82) is 0 Å². The van der Waals surface area contributed by atoms with Crippen molar-refractivity contribution in [3.8, 4) is 0 Å². The maximum atomic E-state index is 14.0. The first-order valence-electron chi connectivity index (χ1n) is 18.1. The molecule has 6 unspecified atom stereocenters. The second-order valence-corrected chi connectivity index (χ2v) is 17.9. The van der Waals surface area contributed by atoms with E-state index in [0.717, 1.165) is 89.4 Å². The fourth-order valence-corrected chi connectivity index (χ4v) is 12.3. The minimum atomic E-state index is -0.390. The van der Waals surface area contributed by atoms with Crippen LogP contribution < -0.4 is 0 Å². The molecule has 46 heavy (non-hydrogen) atoms. The number of likely N-dealkylation sites (N-methyl/N-ethyl adjacent to an activating group) is 2. The van der Waals surface area contributed by atoms with E-state index in [0.29, 0.717) is 11.8 Å². The molecule has 8 atom stereocenters. The van der Waals surface area contributed by atoms with Gasteiger partial charge in [0.25, 0.3) is 0 Å². The monoisotopic (exact) mass is 631 g/mol. The van der Waals surface area contributed by atoms with E-state index in [4.69, 9.17) is 0 Å². The third kappa shape index (κ3) is 4.21. The smallest absolute Gasteiger partial charge is 0.312 e. The van der Waals surface area contributed by atoms with E-state index in [1.54, 1.807) is 11.0 Å². The highest BCUT2D eigenvalue weighted by atomic mass is 16.3. The molecule has 2 bridgehead atoms. The molecule has 8 rings (SSSR count). The lowest BCUT2D eigenvalue weighted by Gasteiger charge is -2.71. The number of hydrogen-bond acceptors (Lipinski definition) is 5. The van der Waals surface area contributed by atoms with Gasteiger partial charge >= 0.3 is 11.8 Å². The number of ketones is 1. The topological polar surface area (TPSA) is 81.2 Å². The van der Waals surface area contributed by atoms with E-state index in [1.807, 2.05) is 25.9 Å². The summed E-state index contributed by atoms with van der Waals surface area (Å²) in [7, 11) is 3.74. The molecule has 1 N–H and O–H groups in total. The van der Waals surface area contributed by atoms with Crippen LogP contribution in [0, 0.1) is 39.4 Å². The van der Waals surface area contributed by atoms with Gasteiger partial charge in [-0.1, -0.05) is 39.3 Å². The van der Waals surface area contributed by atoms with E-state index < -0.39 is 5.54 Å². The van der Waals surface area contributed by atoms with Crippen molar-refractivity contribution in [2.24, 2.45) is 39.4 Å². The molecule has 2 amide bonds. The largest absolute Gasteiger partial charge is 0.504 e. The Bertz CT molecular complexity index is 1470. The minimum absolute atomic E-state index is 0.0204. The van der Waals surface area contributed by atoms with Gasteiger partial charge in [-0.2, -0.15) is 0 Å². The van der Waals surface area contributed by atoms with Crippen molar-refractivity contribution in [2.45, 2.75) is 117 Å². The zero-order valence-electron chi connectivity index (χ0n) is 29.7. The maximum Gasteiger partial charge on any atom is 0.312 e. The number of aliphatic hydroxyl groups excluding tert-OH is 1. The molecule has 5 aliphatic carbocycles. The average molecular weight is 632 g/mol. The van der Waals surface area contributed by atoms with Crippen LogP contribution in [0.4, 0.5) is 0 Å². The van der Waals surface area contributed by atoms with Crippen molar-refractivity contribution in [3.63, 3.8) is 0 Å². The fraction of sp³-hybridized carbons (Fsp3) is 0.769. The summed E-state index contributed by atoms with van der Waals surface area (Å²) in [6.07, 6.45) is 14.5. The molecule has 0 aromatic carbocycles. The van der Waals surface area contributed by atoms with Gasteiger partial charge in [0.1, 0.15) is 0 Å². The van der Waals surface area contributed by atoms with Gasteiger partial charge in [-0.3, -0.25) is 14.4 Å². The maximum absolute atomic E-state index is 14.0. The van der Waals surface area contributed by atoms with E-state index >= 15 is 0 Å². The van der Waals surface area contributed by atoms with Crippen molar-refractivity contribution >= 4 is 17.6 Å². The number of carbonyl (C=O) groups excluding carboxylic acids is 3. The molecule has 3 heterocycles.